The highest BCUT2D eigenvalue weighted by atomic mass is 32.2. The average molecular weight is 300 g/mol. The highest BCUT2D eigenvalue weighted by Crippen LogP contribution is 2.29. The van der Waals surface area contributed by atoms with Gasteiger partial charge in [-0.1, -0.05) is 20.8 Å². The Kier molecular flexibility index (Phi) is 4.77. The topological polar surface area (TPSA) is 98.5 Å². The van der Waals surface area contributed by atoms with Gasteiger partial charge in [0, 0.05) is 5.41 Å². The maximum Gasteiger partial charge on any atom is 0.238 e. The molecule has 20 heavy (non-hydrogen) atoms. The zero-order valence-electron chi connectivity index (χ0n) is 12.1. The summed E-state index contributed by atoms with van der Waals surface area (Å²) in [5, 5.41) is 7.76. The number of primary sulfonamides is 1. The van der Waals surface area contributed by atoms with E-state index in [4.69, 9.17) is 9.88 Å². The summed E-state index contributed by atoms with van der Waals surface area (Å²) < 4.78 is 27.8. The standard InChI is InChI=1S/C13H20N2O4S/c1-5-13(2,3)12(16)15-10-8-9(20(14,17)18)6-7-11(10)19-4/h6-8H,5H2,1-4H3,(H,15,16)(H2,14,17,18). The number of hydrogen-bond acceptors (Lipinski definition) is 4. The Morgan fingerprint density at radius 3 is 2.45 bits per heavy atom. The van der Waals surface area contributed by atoms with Gasteiger partial charge in [0.2, 0.25) is 15.9 Å². The van der Waals surface area contributed by atoms with Gasteiger partial charge in [0.1, 0.15) is 5.75 Å². The number of anilines is 1. The fraction of sp³-hybridized carbons (Fsp3) is 0.462. The number of amides is 1. The van der Waals surface area contributed by atoms with E-state index in [0.717, 1.165) is 0 Å². The van der Waals surface area contributed by atoms with Crippen LogP contribution in [-0.2, 0) is 14.8 Å². The largest absolute Gasteiger partial charge is 0.495 e. The van der Waals surface area contributed by atoms with Crippen LogP contribution >= 0.6 is 0 Å². The third-order valence-electron chi connectivity index (χ3n) is 3.25. The molecule has 0 aliphatic heterocycles. The Bertz CT molecular complexity index is 609. The SMILES string of the molecule is CCC(C)(C)C(=O)Nc1cc(S(N)(=O)=O)ccc1OC. The molecule has 0 saturated heterocycles. The number of benzene rings is 1. The molecule has 0 radical (unpaired) electrons. The molecule has 0 spiro atoms. The maximum absolute atomic E-state index is 12.1. The average Bonchev–Trinajstić information content (AvgIpc) is 2.37. The summed E-state index contributed by atoms with van der Waals surface area (Å²) in [5.74, 6) is 0.155. The van der Waals surface area contributed by atoms with Gasteiger partial charge in [-0.05, 0) is 24.6 Å². The monoisotopic (exact) mass is 300 g/mol. The first kappa shape index (κ1) is 16.5. The molecule has 112 valence electrons. The highest BCUT2D eigenvalue weighted by Gasteiger charge is 2.26. The van der Waals surface area contributed by atoms with Gasteiger partial charge in [-0.15, -0.1) is 0 Å². The summed E-state index contributed by atoms with van der Waals surface area (Å²) in [6.45, 7) is 5.51. The van der Waals surface area contributed by atoms with Gasteiger partial charge in [0.05, 0.1) is 17.7 Å². The van der Waals surface area contributed by atoms with Crippen molar-refractivity contribution in [2.45, 2.75) is 32.1 Å². The second kappa shape index (κ2) is 5.80. The molecule has 0 atom stereocenters. The van der Waals surface area contributed by atoms with Gasteiger partial charge < -0.3 is 10.1 Å². The summed E-state index contributed by atoms with van der Waals surface area (Å²) >= 11 is 0. The van der Waals surface area contributed by atoms with Crippen molar-refractivity contribution in [2.24, 2.45) is 10.6 Å². The molecular weight excluding hydrogens is 280 g/mol. The summed E-state index contributed by atoms with van der Waals surface area (Å²) in [5.41, 5.74) is -0.284. The molecule has 0 fully saturated rings. The van der Waals surface area contributed by atoms with Crippen LogP contribution in [-0.4, -0.2) is 21.4 Å². The molecule has 3 N–H and O–H groups in total. The van der Waals surface area contributed by atoms with E-state index in [-0.39, 0.29) is 16.5 Å². The van der Waals surface area contributed by atoms with Crippen molar-refractivity contribution in [1.29, 1.82) is 0 Å². The Hall–Kier alpha value is -1.60. The first-order chi connectivity index (χ1) is 9.11. The van der Waals surface area contributed by atoms with Gasteiger partial charge >= 0.3 is 0 Å². The molecule has 1 aromatic carbocycles. The summed E-state index contributed by atoms with van der Waals surface area (Å²) in [6, 6.07) is 4.07. The molecule has 0 unspecified atom stereocenters. The van der Waals surface area contributed by atoms with Gasteiger partial charge in [0.25, 0.3) is 0 Å². The summed E-state index contributed by atoms with van der Waals surface area (Å²) in [7, 11) is -2.40. The van der Waals surface area contributed by atoms with E-state index in [9.17, 15) is 13.2 Å². The molecule has 1 amide bonds. The second-order valence-electron chi connectivity index (χ2n) is 5.10. The first-order valence-electron chi connectivity index (χ1n) is 6.14. The molecule has 0 saturated carbocycles. The van der Waals surface area contributed by atoms with E-state index < -0.39 is 15.4 Å². The molecule has 6 nitrogen and oxygen atoms in total. The van der Waals surface area contributed by atoms with Crippen molar-refractivity contribution < 1.29 is 17.9 Å². The van der Waals surface area contributed by atoms with E-state index in [0.29, 0.717) is 12.2 Å². The third-order valence-corrected chi connectivity index (χ3v) is 4.16. The number of carbonyl (C=O) groups excluding carboxylic acids is 1. The zero-order valence-corrected chi connectivity index (χ0v) is 12.9. The molecule has 0 bridgehead atoms. The van der Waals surface area contributed by atoms with Crippen molar-refractivity contribution in [1.82, 2.24) is 0 Å². The van der Waals surface area contributed by atoms with Crippen LogP contribution in [0.4, 0.5) is 5.69 Å². The smallest absolute Gasteiger partial charge is 0.238 e. The minimum Gasteiger partial charge on any atom is -0.495 e. The lowest BCUT2D eigenvalue weighted by Crippen LogP contribution is -2.30. The predicted molar refractivity (Wildman–Crippen MR) is 77.1 cm³/mol. The molecule has 0 aromatic heterocycles. The van der Waals surface area contributed by atoms with Crippen LogP contribution in [0.2, 0.25) is 0 Å². The lowest BCUT2D eigenvalue weighted by molar-refractivity contribution is -0.124. The maximum atomic E-state index is 12.1. The molecule has 0 heterocycles. The first-order valence-corrected chi connectivity index (χ1v) is 7.68. The fourth-order valence-corrected chi connectivity index (χ4v) is 1.95. The number of nitrogens with two attached hydrogens (primary N) is 1. The van der Waals surface area contributed by atoms with Crippen LogP contribution in [0, 0.1) is 5.41 Å². The van der Waals surface area contributed by atoms with E-state index in [1.54, 1.807) is 13.8 Å². The lowest BCUT2D eigenvalue weighted by atomic mass is 9.89. The van der Waals surface area contributed by atoms with Gasteiger partial charge in [-0.3, -0.25) is 4.79 Å². The lowest BCUT2D eigenvalue weighted by Gasteiger charge is -2.22. The summed E-state index contributed by atoms with van der Waals surface area (Å²) in [6.07, 6.45) is 0.649. The van der Waals surface area contributed by atoms with E-state index >= 15 is 0 Å². The Labute approximate surface area is 119 Å². The van der Waals surface area contributed by atoms with E-state index in [2.05, 4.69) is 5.32 Å². The second-order valence-corrected chi connectivity index (χ2v) is 6.66. The number of nitrogens with one attached hydrogen (secondary N) is 1. The summed E-state index contributed by atoms with van der Waals surface area (Å²) in [4.78, 5) is 12.1. The molecule has 0 aliphatic carbocycles. The van der Waals surface area contributed by atoms with Gasteiger partial charge in [0.15, 0.2) is 0 Å². The van der Waals surface area contributed by atoms with Crippen molar-refractivity contribution in [3.8, 4) is 5.75 Å². The van der Waals surface area contributed by atoms with Crippen molar-refractivity contribution in [2.75, 3.05) is 12.4 Å². The predicted octanol–water partition coefficient (Wildman–Crippen LogP) is 1.72. The Morgan fingerprint density at radius 2 is 2.00 bits per heavy atom. The Balaban J connectivity index is 3.19. The van der Waals surface area contributed by atoms with Crippen molar-refractivity contribution in [3.05, 3.63) is 18.2 Å². The van der Waals surface area contributed by atoms with E-state index in [1.807, 2.05) is 6.92 Å². The van der Waals surface area contributed by atoms with Crippen LogP contribution in [0.1, 0.15) is 27.2 Å². The van der Waals surface area contributed by atoms with Crippen LogP contribution in [0.15, 0.2) is 23.1 Å². The number of sulfonamides is 1. The molecule has 7 heteroatoms. The minimum atomic E-state index is -3.83. The van der Waals surface area contributed by atoms with Crippen molar-refractivity contribution in [3.63, 3.8) is 0 Å². The Morgan fingerprint density at radius 1 is 1.40 bits per heavy atom. The van der Waals surface area contributed by atoms with E-state index in [1.165, 1.54) is 25.3 Å². The number of carbonyl (C=O) groups is 1. The number of ether oxygens (including phenoxy) is 1. The van der Waals surface area contributed by atoms with Gasteiger partial charge in [-0.2, -0.15) is 0 Å². The third kappa shape index (κ3) is 3.71. The number of rotatable bonds is 5. The molecular formula is C13H20N2O4S. The van der Waals surface area contributed by atoms with Gasteiger partial charge in [-0.25, -0.2) is 13.6 Å². The van der Waals surface area contributed by atoms with Crippen LogP contribution in [0.3, 0.4) is 0 Å². The minimum absolute atomic E-state index is 0.0806. The molecule has 1 aromatic rings. The van der Waals surface area contributed by atoms with Crippen LogP contribution in [0.5, 0.6) is 5.75 Å². The quantitative estimate of drug-likeness (QED) is 0.865. The highest BCUT2D eigenvalue weighted by molar-refractivity contribution is 7.89. The number of hydrogen-bond donors (Lipinski definition) is 2. The van der Waals surface area contributed by atoms with Crippen molar-refractivity contribution >= 4 is 21.6 Å². The normalized spacial score (nSPS) is 12.1. The molecule has 0 aliphatic rings. The fourth-order valence-electron chi connectivity index (χ4n) is 1.41. The number of methoxy groups -OCH3 is 1. The van der Waals surface area contributed by atoms with Crippen LogP contribution in [0.25, 0.3) is 0 Å². The van der Waals surface area contributed by atoms with Crippen LogP contribution < -0.4 is 15.2 Å². The molecule has 1 rings (SSSR count). The zero-order chi connectivity index (χ0) is 15.6.